The topological polar surface area (TPSA) is 101 Å². The van der Waals surface area contributed by atoms with Gasteiger partial charge in [-0.15, -0.1) is 11.3 Å². The first kappa shape index (κ1) is 16.7. The molecule has 0 fully saturated rings. The number of hydrogen-bond donors (Lipinski definition) is 3. The molecular weight excluding hydrogens is 336 g/mol. The Labute approximate surface area is 148 Å². The van der Waals surface area contributed by atoms with Crippen molar-refractivity contribution in [1.82, 2.24) is 4.98 Å². The number of nitrogen functional groups attached to an aromatic ring is 1. The van der Waals surface area contributed by atoms with E-state index in [-0.39, 0.29) is 6.42 Å². The number of carboxylic acid groups (broad SMARTS) is 1. The number of carboxylic acids is 1. The van der Waals surface area contributed by atoms with E-state index >= 15 is 0 Å². The summed E-state index contributed by atoms with van der Waals surface area (Å²) >= 11 is 1.38. The van der Waals surface area contributed by atoms with E-state index in [1.165, 1.54) is 11.3 Å². The number of aliphatic carboxylic acids is 1. The molecule has 0 radical (unpaired) electrons. The van der Waals surface area contributed by atoms with Crippen LogP contribution in [0.1, 0.15) is 11.1 Å². The van der Waals surface area contributed by atoms with Crippen LogP contribution in [0.25, 0.3) is 11.1 Å². The van der Waals surface area contributed by atoms with Gasteiger partial charge < -0.3 is 10.8 Å². The zero-order valence-electron chi connectivity index (χ0n) is 13.2. The lowest BCUT2D eigenvalue weighted by atomic mass is 9.97. The van der Waals surface area contributed by atoms with Crippen molar-refractivity contribution < 1.29 is 9.90 Å². The predicted molar refractivity (Wildman–Crippen MR) is 101 cm³/mol. The molecule has 0 aliphatic carbocycles. The van der Waals surface area contributed by atoms with Gasteiger partial charge in [-0.1, -0.05) is 48.5 Å². The summed E-state index contributed by atoms with van der Waals surface area (Å²) in [5.41, 5.74) is 12.0. The Balaban J connectivity index is 1.73. The third-order valence-corrected chi connectivity index (χ3v) is 4.24. The van der Waals surface area contributed by atoms with E-state index in [2.05, 4.69) is 15.5 Å². The second-order valence-electron chi connectivity index (χ2n) is 5.30. The van der Waals surface area contributed by atoms with E-state index in [1.807, 2.05) is 48.5 Å². The highest BCUT2D eigenvalue weighted by Crippen LogP contribution is 2.24. The van der Waals surface area contributed by atoms with E-state index in [0.717, 1.165) is 22.3 Å². The molecule has 0 atom stereocenters. The van der Waals surface area contributed by atoms with Gasteiger partial charge in [-0.3, -0.25) is 10.2 Å². The summed E-state index contributed by atoms with van der Waals surface area (Å²) in [4.78, 5) is 15.1. The van der Waals surface area contributed by atoms with Gasteiger partial charge >= 0.3 is 5.97 Å². The maximum absolute atomic E-state index is 11.0. The Morgan fingerprint density at radius 3 is 2.68 bits per heavy atom. The summed E-state index contributed by atoms with van der Waals surface area (Å²) in [6, 6.07) is 15.3. The van der Waals surface area contributed by atoms with Gasteiger partial charge in [0.2, 0.25) is 5.13 Å². The highest BCUT2D eigenvalue weighted by molar-refractivity contribution is 7.14. The first-order valence-electron chi connectivity index (χ1n) is 7.52. The maximum atomic E-state index is 11.0. The average molecular weight is 352 g/mol. The van der Waals surface area contributed by atoms with Gasteiger partial charge in [0.15, 0.2) is 0 Å². The number of nitrogens with zero attached hydrogens (tertiary/aromatic N) is 2. The van der Waals surface area contributed by atoms with Crippen LogP contribution in [0.15, 0.2) is 59.0 Å². The molecule has 0 spiro atoms. The fraction of sp³-hybridized carbons (Fsp3) is 0.0556. The quantitative estimate of drug-likeness (QED) is 0.466. The van der Waals surface area contributed by atoms with Crippen LogP contribution in [0, 0.1) is 0 Å². The number of nitrogens with two attached hydrogens (primary N) is 1. The van der Waals surface area contributed by atoms with Gasteiger partial charge in [0.1, 0.15) is 5.82 Å². The van der Waals surface area contributed by atoms with Crippen LogP contribution in [-0.4, -0.2) is 22.3 Å². The Hall–Kier alpha value is -3.19. The first-order valence-corrected chi connectivity index (χ1v) is 8.40. The molecule has 3 aromatic rings. The van der Waals surface area contributed by atoms with Crippen molar-refractivity contribution in [2.24, 2.45) is 5.10 Å². The van der Waals surface area contributed by atoms with E-state index in [9.17, 15) is 4.79 Å². The van der Waals surface area contributed by atoms with Crippen molar-refractivity contribution >= 4 is 34.5 Å². The highest BCUT2D eigenvalue weighted by atomic mass is 32.1. The van der Waals surface area contributed by atoms with Crippen LogP contribution in [0.3, 0.4) is 0 Å². The molecule has 6 nitrogen and oxygen atoms in total. The van der Waals surface area contributed by atoms with E-state index < -0.39 is 5.97 Å². The number of carbonyl (C=O) groups is 1. The normalized spacial score (nSPS) is 10.9. The van der Waals surface area contributed by atoms with Crippen molar-refractivity contribution in [3.63, 3.8) is 0 Å². The largest absolute Gasteiger partial charge is 0.481 e. The number of anilines is 2. The molecule has 4 N–H and O–H groups in total. The van der Waals surface area contributed by atoms with Crippen molar-refractivity contribution in [1.29, 1.82) is 0 Å². The van der Waals surface area contributed by atoms with Crippen molar-refractivity contribution in [3.8, 4) is 11.1 Å². The summed E-state index contributed by atoms with van der Waals surface area (Å²) in [5.74, 6) is -0.378. The standard InChI is InChI=1S/C18H16N4O2S/c19-16-11-25-18(21-16)22-20-10-12-5-7-13(8-6-12)15-4-2-1-3-14(15)9-17(23)24/h1-8,10-11H,9,19H2,(H,21,22)(H,23,24). The summed E-state index contributed by atoms with van der Waals surface area (Å²) in [5, 5.41) is 15.5. The minimum atomic E-state index is -0.842. The highest BCUT2D eigenvalue weighted by Gasteiger charge is 2.07. The predicted octanol–water partition coefficient (Wildman–Crippen LogP) is 3.47. The average Bonchev–Trinajstić information content (AvgIpc) is 3.01. The van der Waals surface area contributed by atoms with Crippen LogP contribution < -0.4 is 11.2 Å². The SMILES string of the molecule is Nc1csc(NN=Cc2ccc(-c3ccccc3CC(=O)O)cc2)n1. The number of aromatic nitrogens is 1. The first-order chi connectivity index (χ1) is 12.1. The van der Waals surface area contributed by atoms with Gasteiger partial charge in [-0.2, -0.15) is 5.10 Å². The minimum absolute atomic E-state index is 0.000246. The van der Waals surface area contributed by atoms with Crippen molar-refractivity contribution in [3.05, 3.63) is 65.0 Å². The Bertz CT molecular complexity index is 903. The summed E-state index contributed by atoms with van der Waals surface area (Å²) in [6.45, 7) is 0. The van der Waals surface area contributed by atoms with Gasteiger partial charge in [0.25, 0.3) is 0 Å². The number of benzene rings is 2. The second kappa shape index (κ2) is 7.59. The molecular formula is C18H16N4O2S. The molecule has 1 heterocycles. The van der Waals surface area contributed by atoms with Crippen LogP contribution in [0.2, 0.25) is 0 Å². The lowest BCUT2D eigenvalue weighted by Crippen LogP contribution is -2.01. The maximum Gasteiger partial charge on any atom is 0.307 e. The van der Waals surface area contributed by atoms with Crippen molar-refractivity contribution in [2.75, 3.05) is 11.2 Å². The van der Waals surface area contributed by atoms with Gasteiger partial charge in [0, 0.05) is 5.38 Å². The molecule has 0 unspecified atom stereocenters. The van der Waals surface area contributed by atoms with Crippen LogP contribution in [0.4, 0.5) is 10.9 Å². The second-order valence-corrected chi connectivity index (χ2v) is 6.16. The molecule has 1 aromatic heterocycles. The Morgan fingerprint density at radius 2 is 2.00 bits per heavy atom. The summed E-state index contributed by atoms with van der Waals surface area (Å²) in [6.07, 6.45) is 1.69. The molecule has 0 bridgehead atoms. The van der Waals surface area contributed by atoms with Crippen LogP contribution in [-0.2, 0) is 11.2 Å². The molecule has 0 amide bonds. The lowest BCUT2D eigenvalue weighted by Gasteiger charge is -2.08. The monoisotopic (exact) mass is 352 g/mol. The van der Waals surface area contributed by atoms with E-state index in [1.54, 1.807) is 11.6 Å². The molecule has 0 aliphatic rings. The van der Waals surface area contributed by atoms with Gasteiger partial charge in [-0.25, -0.2) is 4.98 Å². The lowest BCUT2D eigenvalue weighted by molar-refractivity contribution is -0.136. The molecule has 2 aromatic carbocycles. The molecule has 126 valence electrons. The number of nitrogens with one attached hydrogen (secondary N) is 1. The summed E-state index contributed by atoms with van der Waals surface area (Å²) < 4.78 is 0. The zero-order valence-corrected chi connectivity index (χ0v) is 14.0. The third kappa shape index (κ3) is 4.42. The fourth-order valence-electron chi connectivity index (χ4n) is 2.37. The third-order valence-electron chi connectivity index (χ3n) is 3.48. The molecule has 0 aliphatic heterocycles. The minimum Gasteiger partial charge on any atom is -0.481 e. The summed E-state index contributed by atoms with van der Waals surface area (Å²) in [7, 11) is 0. The number of hydrogen-bond acceptors (Lipinski definition) is 6. The molecule has 0 saturated heterocycles. The Morgan fingerprint density at radius 1 is 1.24 bits per heavy atom. The fourth-order valence-corrected chi connectivity index (χ4v) is 2.92. The van der Waals surface area contributed by atoms with E-state index in [0.29, 0.717) is 10.9 Å². The molecule has 3 rings (SSSR count). The molecule has 0 saturated carbocycles. The van der Waals surface area contributed by atoms with Gasteiger partial charge in [-0.05, 0) is 22.3 Å². The number of thiazole rings is 1. The smallest absolute Gasteiger partial charge is 0.307 e. The van der Waals surface area contributed by atoms with Crippen LogP contribution >= 0.6 is 11.3 Å². The van der Waals surface area contributed by atoms with E-state index in [4.69, 9.17) is 10.8 Å². The van der Waals surface area contributed by atoms with Crippen molar-refractivity contribution in [2.45, 2.75) is 6.42 Å². The zero-order chi connectivity index (χ0) is 17.6. The number of hydrazone groups is 1. The molecule has 7 heteroatoms. The Kier molecular flexibility index (Phi) is 5.06. The number of rotatable bonds is 6. The van der Waals surface area contributed by atoms with Crippen LogP contribution in [0.5, 0.6) is 0 Å². The molecule has 25 heavy (non-hydrogen) atoms. The van der Waals surface area contributed by atoms with Gasteiger partial charge in [0.05, 0.1) is 12.6 Å².